The van der Waals surface area contributed by atoms with Gasteiger partial charge in [-0.05, 0) is 30.7 Å². The van der Waals surface area contributed by atoms with Crippen LogP contribution in [-0.2, 0) is 0 Å². The van der Waals surface area contributed by atoms with Gasteiger partial charge < -0.3 is 10.6 Å². The van der Waals surface area contributed by atoms with Gasteiger partial charge >= 0.3 is 0 Å². The molecule has 3 nitrogen and oxygen atoms in total. The maximum atomic E-state index is 5.76. The molecule has 82 valence electrons. The van der Waals surface area contributed by atoms with Crippen LogP contribution >= 0.6 is 11.8 Å². The highest BCUT2D eigenvalue weighted by atomic mass is 32.2. The molecule has 1 atom stereocenters. The number of rotatable bonds is 2. The van der Waals surface area contributed by atoms with Crippen LogP contribution in [0.3, 0.4) is 0 Å². The van der Waals surface area contributed by atoms with Gasteiger partial charge in [-0.2, -0.15) is 11.8 Å². The van der Waals surface area contributed by atoms with Crippen molar-refractivity contribution in [2.45, 2.75) is 19.4 Å². The quantitative estimate of drug-likeness (QED) is 0.831. The van der Waals surface area contributed by atoms with E-state index in [0.29, 0.717) is 6.04 Å². The first kappa shape index (κ1) is 10.6. The molecule has 0 aromatic carbocycles. The lowest BCUT2D eigenvalue weighted by atomic mass is 10.2. The van der Waals surface area contributed by atoms with Gasteiger partial charge in [-0.1, -0.05) is 0 Å². The summed E-state index contributed by atoms with van der Waals surface area (Å²) >= 11 is 2.02. The molecule has 1 aromatic heterocycles. The summed E-state index contributed by atoms with van der Waals surface area (Å²) in [5, 5.41) is 0. The largest absolute Gasteiger partial charge is 0.397 e. The van der Waals surface area contributed by atoms with E-state index in [-0.39, 0.29) is 0 Å². The van der Waals surface area contributed by atoms with E-state index in [1.165, 1.54) is 17.9 Å². The number of pyridine rings is 1. The third kappa shape index (κ3) is 2.20. The highest BCUT2D eigenvalue weighted by Crippen LogP contribution is 2.25. The number of aromatic nitrogens is 1. The topological polar surface area (TPSA) is 42.2 Å². The smallest absolute Gasteiger partial charge is 0.128 e. The molecule has 15 heavy (non-hydrogen) atoms. The van der Waals surface area contributed by atoms with Crippen LogP contribution in [0.15, 0.2) is 12.3 Å². The van der Waals surface area contributed by atoms with Gasteiger partial charge in [0.05, 0.1) is 11.9 Å². The Morgan fingerprint density at radius 1 is 1.60 bits per heavy atom. The molecular formula is C11H17N3S. The van der Waals surface area contributed by atoms with Crippen LogP contribution in [-0.4, -0.2) is 29.6 Å². The van der Waals surface area contributed by atoms with Crippen molar-refractivity contribution in [3.63, 3.8) is 0 Å². The Kier molecular flexibility index (Phi) is 3.05. The van der Waals surface area contributed by atoms with Crippen LogP contribution in [0.25, 0.3) is 0 Å². The number of thioether (sulfide) groups is 1. The van der Waals surface area contributed by atoms with E-state index in [2.05, 4.69) is 23.0 Å². The molecule has 0 aliphatic carbocycles. The average Bonchev–Trinajstić information content (AvgIpc) is 2.74. The SMILES string of the molecule is Cc1cc(N(C)C2CCSC2)ncc1N. The lowest BCUT2D eigenvalue weighted by molar-refractivity contribution is 0.691. The van der Waals surface area contributed by atoms with Crippen LogP contribution in [0.1, 0.15) is 12.0 Å². The first-order valence-electron chi connectivity index (χ1n) is 5.21. The molecule has 0 bridgehead atoms. The van der Waals surface area contributed by atoms with Crippen LogP contribution in [0.5, 0.6) is 0 Å². The molecule has 4 heteroatoms. The summed E-state index contributed by atoms with van der Waals surface area (Å²) in [4.78, 5) is 6.65. The van der Waals surface area contributed by atoms with E-state index in [0.717, 1.165) is 17.1 Å². The van der Waals surface area contributed by atoms with Crippen molar-refractivity contribution in [2.75, 3.05) is 29.2 Å². The first-order valence-corrected chi connectivity index (χ1v) is 6.36. The molecular weight excluding hydrogens is 206 g/mol. The van der Waals surface area contributed by atoms with Crippen molar-refractivity contribution >= 4 is 23.3 Å². The summed E-state index contributed by atoms with van der Waals surface area (Å²) in [5.41, 5.74) is 7.64. The second-order valence-electron chi connectivity index (χ2n) is 4.03. The standard InChI is InChI=1S/C11H17N3S/c1-8-5-11(13-6-10(8)12)14(2)9-3-4-15-7-9/h5-6,9H,3-4,7,12H2,1-2H3. The van der Waals surface area contributed by atoms with E-state index in [4.69, 9.17) is 5.73 Å². The molecule has 1 fully saturated rings. The van der Waals surface area contributed by atoms with Gasteiger partial charge in [0.2, 0.25) is 0 Å². The highest BCUT2D eigenvalue weighted by molar-refractivity contribution is 7.99. The molecule has 0 spiro atoms. The van der Waals surface area contributed by atoms with Crippen molar-refractivity contribution in [3.8, 4) is 0 Å². The van der Waals surface area contributed by atoms with Crippen LogP contribution < -0.4 is 10.6 Å². The molecule has 2 N–H and O–H groups in total. The average molecular weight is 223 g/mol. The Morgan fingerprint density at radius 3 is 3.00 bits per heavy atom. The summed E-state index contributed by atoms with van der Waals surface area (Å²) in [6.45, 7) is 2.03. The lowest BCUT2D eigenvalue weighted by Gasteiger charge is -2.25. The van der Waals surface area contributed by atoms with E-state index in [9.17, 15) is 0 Å². The number of nitrogens with two attached hydrogens (primary N) is 1. The molecule has 1 aliphatic rings. The number of nitrogens with zero attached hydrogens (tertiary/aromatic N) is 2. The predicted octanol–water partition coefficient (Wildman–Crippen LogP) is 1.91. The zero-order valence-electron chi connectivity index (χ0n) is 9.23. The summed E-state index contributed by atoms with van der Waals surface area (Å²) in [5.74, 6) is 3.51. The van der Waals surface area contributed by atoms with E-state index in [1.807, 2.05) is 18.7 Å². The fraction of sp³-hybridized carbons (Fsp3) is 0.545. The number of anilines is 2. The molecule has 2 heterocycles. The highest BCUT2D eigenvalue weighted by Gasteiger charge is 2.21. The Morgan fingerprint density at radius 2 is 2.40 bits per heavy atom. The Balaban J connectivity index is 2.17. The van der Waals surface area contributed by atoms with E-state index < -0.39 is 0 Å². The van der Waals surface area contributed by atoms with E-state index >= 15 is 0 Å². The zero-order valence-corrected chi connectivity index (χ0v) is 10.0. The Hall–Kier alpha value is -0.900. The molecule has 0 radical (unpaired) electrons. The van der Waals surface area contributed by atoms with Crippen LogP contribution in [0.4, 0.5) is 11.5 Å². The van der Waals surface area contributed by atoms with Gasteiger partial charge in [0, 0.05) is 18.8 Å². The van der Waals surface area contributed by atoms with Crippen molar-refractivity contribution < 1.29 is 0 Å². The molecule has 1 unspecified atom stereocenters. The summed E-state index contributed by atoms with van der Waals surface area (Å²) in [6.07, 6.45) is 3.01. The summed E-state index contributed by atoms with van der Waals surface area (Å²) in [7, 11) is 2.12. The maximum absolute atomic E-state index is 5.76. The molecule has 1 saturated heterocycles. The second-order valence-corrected chi connectivity index (χ2v) is 5.18. The zero-order chi connectivity index (χ0) is 10.8. The van der Waals surface area contributed by atoms with Crippen LogP contribution in [0, 0.1) is 6.92 Å². The van der Waals surface area contributed by atoms with Gasteiger partial charge in [0.25, 0.3) is 0 Å². The monoisotopic (exact) mass is 223 g/mol. The fourth-order valence-electron chi connectivity index (χ4n) is 1.76. The second kappa shape index (κ2) is 4.31. The van der Waals surface area contributed by atoms with Crippen molar-refractivity contribution in [1.82, 2.24) is 4.98 Å². The summed E-state index contributed by atoms with van der Waals surface area (Å²) in [6, 6.07) is 2.70. The molecule has 2 rings (SSSR count). The lowest BCUT2D eigenvalue weighted by Crippen LogP contribution is -2.31. The number of hydrogen-bond acceptors (Lipinski definition) is 4. The normalized spacial score (nSPS) is 20.5. The minimum atomic E-state index is 0.630. The number of hydrogen-bond donors (Lipinski definition) is 1. The third-order valence-corrected chi connectivity index (χ3v) is 4.10. The van der Waals surface area contributed by atoms with Crippen molar-refractivity contribution in [3.05, 3.63) is 17.8 Å². The molecule has 1 aliphatic heterocycles. The van der Waals surface area contributed by atoms with Crippen molar-refractivity contribution in [2.24, 2.45) is 0 Å². The van der Waals surface area contributed by atoms with Crippen molar-refractivity contribution in [1.29, 1.82) is 0 Å². The molecule has 1 aromatic rings. The van der Waals surface area contributed by atoms with Crippen LogP contribution in [0.2, 0.25) is 0 Å². The third-order valence-electron chi connectivity index (χ3n) is 2.95. The summed E-state index contributed by atoms with van der Waals surface area (Å²) < 4.78 is 0. The van der Waals surface area contributed by atoms with Gasteiger partial charge in [0.1, 0.15) is 5.82 Å². The van der Waals surface area contributed by atoms with Gasteiger partial charge in [0.15, 0.2) is 0 Å². The Labute approximate surface area is 95.1 Å². The van der Waals surface area contributed by atoms with Gasteiger partial charge in [-0.25, -0.2) is 4.98 Å². The number of nitrogen functional groups attached to an aromatic ring is 1. The maximum Gasteiger partial charge on any atom is 0.128 e. The molecule has 0 amide bonds. The van der Waals surface area contributed by atoms with E-state index in [1.54, 1.807) is 6.20 Å². The number of aryl methyl sites for hydroxylation is 1. The minimum absolute atomic E-state index is 0.630. The van der Waals surface area contributed by atoms with Gasteiger partial charge in [-0.3, -0.25) is 0 Å². The van der Waals surface area contributed by atoms with Gasteiger partial charge in [-0.15, -0.1) is 0 Å². The minimum Gasteiger partial charge on any atom is -0.397 e. The fourth-order valence-corrected chi connectivity index (χ4v) is 3.03. The predicted molar refractivity (Wildman–Crippen MR) is 67.5 cm³/mol. The first-order chi connectivity index (χ1) is 7.18. The molecule has 0 saturated carbocycles. The Bertz CT molecular complexity index is 348.